The van der Waals surface area contributed by atoms with Crippen molar-refractivity contribution in [3.8, 4) is 16.9 Å². The van der Waals surface area contributed by atoms with Crippen LogP contribution in [0.15, 0.2) is 54.6 Å². The van der Waals surface area contributed by atoms with Crippen molar-refractivity contribution in [3.63, 3.8) is 0 Å². The van der Waals surface area contributed by atoms with Crippen LogP contribution in [-0.2, 0) is 16.1 Å². The molecular weight excluding hydrogens is 493 g/mol. The van der Waals surface area contributed by atoms with E-state index in [1.807, 2.05) is 26.8 Å². The van der Waals surface area contributed by atoms with E-state index in [1.54, 1.807) is 31.4 Å². The molecule has 38 heavy (non-hydrogen) atoms. The van der Waals surface area contributed by atoms with Crippen LogP contribution in [-0.4, -0.2) is 18.2 Å². The summed E-state index contributed by atoms with van der Waals surface area (Å²) < 4.78 is 55.9. The smallest absolute Gasteiger partial charge is 0.303 e. The van der Waals surface area contributed by atoms with Gasteiger partial charge in [-0.25, -0.2) is 13.2 Å². The number of carbonyl (C=O) groups is 1. The summed E-state index contributed by atoms with van der Waals surface area (Å²) >= 11 is 0. The maximum absolute atomic E-state index is 15.4. The third-order valence-corrected chi connectivity index (χ3v) is 7.01. The van der Waals surface area contributed by atoms with Gasteiger partial charge in [-0.15, -0.1) is 0 Å². The van der Waals surface area contributed by atoms with Crippen molar-refractivity contribution in [3.05, 3.63) is 88.7 Å². The average Bonchev–Trinajstić information content (AvgIpc) is 3.69. The standard InChI is InChI=1S/C31H33F3O4/c1-31(2,3)30(37-4)25-14-18(8-12-21(25)24-15-20(32)11-13-26(24)33)17-38-27-7-5-6-22(29(27)34)23(16-28(35)36)19-9-10-19/h5-8,11-15,19,23,30H,9-10,16-17H2,1-4H3,(H,35,36)/t23-,30-/m1/s1. The molecule has 1 N–H and O–H groups in total. The number of halogens is 3. The van der Waals surface area contributed by atoms with Gasteiger partial charge < -0.3 is 14.6 Å². The summed E-state index contributed by atoms with van der Waals surface area (Å²) in [6.45, 7) is 5.99. The molecule has 0 amide bonds. The topological polar surface area (TPSA) is 55.8 Å². The van der Waals surface area contributed by atoms with Gasteiger partial charge in [0.05, 0.1) is 12.5 Å². The van der Waals surface area contributed by atoms with E-state index in [0.717, 1.165) is 31.0 Å². The highest BCUT2D eigenvalue weighted by molar-refractivity contribution is 5.69. The molecule has 1 fully saturated rings. The van der Waals surface area contributed by atoms with Crippen molar-refractivity contribution in [1.29, 1.82) is 0 Å². The zero-order valence-corrected chi connectivity index (χ0v) is 22.1. The SMILES string of the molecule is CO[C@H](c1cc(COc2cccc([C@H](CC(=O)O)C3CC3)c2F)ccc1-c1cc(F)ccc1F)C(C)(C)C. The van der Waals surface area contributed by atoms with Gasteiger partial charge in [-0.3, -0.25) is 4.79 Å². The molecule has 0 saturated heterocycles. The molecule has 3 aromatic carbocycles. The molecule has 4 nitrogen and oxygen atoms in total. The van der Waals surface area contributed by atoms with Crippen LogP contribution in [0.25, 0.3) is 11.1 Å². The van der Waals surface area contributed by atoms with E-state index < -0.39 is 35.4 Å². The van der Waals surface area contributed by atoms with Gasteiger partial charge in [-0.2, -0.15) is 0 Å². The fourth-order valence-electron chi connectivity index (χ4n) is 5.12. The Hall–Kier alpha value is -3.32. The molecule has 202 valence electrons. The number of rotatable bonds is 10. The van der Waals surface area contributed by atoms with E-state index in [9.17, 15) is 18.7 Å². The van der Waals surface area contributed by atoms with Crippen LogP contribution in [0.3, 0.4) is 0 Å². The highest BCUT2D eigenvalue weighted by Crippen LogP contribution is 2.46. The van der Waals surface area contributed by atoms with Crippen molar-refractivity contribution in [2.45, 2.75) is 58.7 Å². The monoisotopic (exact) mass is 526 g/mol. The van der Waals surface area contributed by atoms with Crippen molar-refractivity contribution in [2.75, 3.05) is 7.11 Å². The van der Waals surface area contributed by atoms with Gasteiger partial charge in [0.25, 0.3) is 0 Å². The maximum Gasteiger partial charge on any atom is 0.303 e. The number of carboxylic acids is 1. The van der Waals surface area contributed by atoms with E-state index in [4.69, 9.17) is 9.47 Å². The van der Waals surface area contributed by atoms with Crippen LogP contribution < -0.4 is 4.74 Å². The van der Waals surface area contributed by atoms with Gasteiger partial charge in [0.1, 0.15) is 18.2 Å². The zero-order chi connectivity index (χ0) is 27.6. The molecule has 1 aliphatic carbocycles. The predicted octanol–water partition coefficient (Wildman–Crippen LogP) is 8.05. The van der Waals surface area contributed by atoms with Crippen LogP contribution in [0.2, 0.25) is 0 Å². The number of carboxylic acid groups (broad SMARTS) is 1. The molecule has 1 saturated carbocycles. The molecule has 3 aromatic rings. The van der Waals surface area contributed by atoms with E-state index in [2.05, 4.69) is 0 Å². The van der Waals surface area contributed by atoms with Gasteiger partial charge in [0.15, 0.2) is 11.6 Å². The quantitative estimate of drug-likeness (QED) is 0.290. The lowest BCUT2D eigenvalue weighted by Crippen LogP contribution is -2.21. The van der Waals surface area contributed by atoms with Gasteiger partial charge in [0.2, 0.25) is 0 Å². The average molecular weight is 527 g/mol. The van der Waals surface area contributed by atoms with Crippen LogP contribution in [0, 0.1) is 28.8 Å². The third-order valence-electron chi connectivity index (χ3n) is 7.01. The Morgan fingerprint density at radius 1 is 1.00 bits per heavy atom. The molecule has 4 rings (SSSR count). The first-order chi connectivity index (χ1) is 18.0. The number of hydrogen-bond donors (Lipinski definition) is 1. The molecule has 0 radical (unpaired) electrons. The van der Waals surface area contributed by atoms with Gasteiger partial charge in [0, 0.05) is 18.6 Å². The number of benzene rings is 3. The lowest BCUT2D eigenvalue weighted by Gasteiger charge is -2.32. The van der Waals surface area contributed by atoms with Gasteiger partial charge in [-0.05, 0) is 76.8 Å². The number of hydrogen-bond acceptors (Lipinski definition) is 3. The third kappa shape index (κ3) is 6.21. The molecule has 7 heteroatoms. The Morgan fingerprint density at radius 3 is 2.37 bits per heavy atom. The second kappa shape index (κ2) is 11.2. The molecule has 0 heterocycles. The number of ether oxygens (including phenoxy) is 2. The second-order valence-corrected chi connectivity index (χ2v) is 11.0. The summed E-state index contributed by atoms with van der Waals surface area (Å²) in [6, 6.07) is 13.4. The van der Waals surface area contributed by atoms with E-state index >= 15 is 4.39 Å². The molecule has 0 bridgehead atoms. The minimum Gasteiger partial charge on any atom is -0.486 e. The summed E-state index contributed by atoms with van der Waals surface area (Å²) in [4.78, 5) is 11.4. The molecule has 0 aliphatic heterocycles. The van der Waals surface area contributed by atoms with E-state index in [-0.39, 0.29) is 35.7 Å². The Kier molecular flexibility index (Phi) is 8.16. The second-order valence-electron chi connectivity index (χ2n) is 11.0. The number of aliphatic carboxylic acids is 1. The summed E-state index contributed by atoms with van der Waals surface area (Å²) in [5, 5.41) is 9.31. The molecule has 0 spiro atoms. The first kappa shape index (κ1) is 27.7. The van der Waals surface area contributed by atoms with Crippen molar-refractivity contribution in [2.24, 2.45) is 11.3 Å². The fraction of sp³-hybridized carbons (Fsp3) is 0.387. The zero-order valence-electron chi connectivity index (χ0n) is 22.1. The molecule has 2 atom stereocenters. The first-order valence-corrected chi connectivity index (χ1v) is 12.7. The number of methoxy groups -OCH3 is 1. The molecular formula is C31H33F3O4. The minimum atomic E-state index is -0.957. The van der Waals surface area contributed by atoms with Gasteiger partial charge >= 0.3 is 5.97 Å². The largest absolute Gasteiger partial charge is 0.486 e. The summed E-state index contributed by atoms with van der Waals surface area (Å²) in [7, 11) is 1.57. The van der Waals surface area contributed by atoms with Crippen molar-refractivity contribution < 1.29 is 32.5 Å². The molecule has 1 aliphatic rings. The maximum atomic E-state index is 15.4. The Balaban J connectivity index is 1.66. The lowest BCUT2D eigenvalue weighted by atomic mass is 9.81. The summed E-state index contributed by atoms with van der Waals surface area (Å²) in [6.07, 6.45) is 1.20. The van der Waals surface area contributed by atoms with Crippen LogP contribution in [0.5, 0.6) is 5.75 Å². The summed E-state index contributed by atoms with van der Waals surface area (Å²) in [5.41, 5.74) is 1.98. The first-order valence-electron chi connectivity index (χ1n) is 12.7. The van der Waals surface area contributed by atoms with Crippen molar-refractivity contribution >= 4 is 5.97 Å². The molecule has 0 aromatic heterocycles. The van der Waals surface area contributed by atoms with E-state index in [0.29, 0.717) is 22.3 Å². The fourth-order valence-corrected chi connectivity index (χ4v) is 5.12. The highest BCUT2D eigenvalue weighted by Gasteiger charge is 2.36. The molecule has 0 unspecified atom stereocenters. The van der Waals surface area contributed by atoms with E-state index in [1.165, 1.54) is 6.07 Å². The predicted molar refractivity (Wildman–Crippen MR) is 139 cm³/mol. The van der Waals surface area contributed by atoms with Crippen LogP contribution in [0.4, 0.5) is 13.2 Å². The Bertz CT molecular complexity index is 1310. The minimum absolute atomic E-state index is 0.0207. The Labute approximate surface area is 221 Å². The lowest BCUT2D eigenvalue weighted by molar-refractivity contribution is -0.137. The normalized spacial score (nSPS) is 15.2. The highest BCUT2D eigenvalue weighted by atomic mass is 19.1. The van der Waals surface area contributed by atoms with Gasteiger partial charge in [-0.1, -0.05) is 45.0 Å². The van der Waals surface area contributed by atoms with Crippen LogP contribution >= 0.6 is 0 Å². The Morgan fingerprint density at radius 2 is 1.74 bits per heavy atom. The summed E-state index contributed by atoms with van der Waals surface area (Å²) in [5.74, 6) is -2.79. The van der Waals surface area contributed by atoms with Crippen LogP contribution in [0.1, 0.15) is 68.7 Å². The van der Waals surface area contributed by atoms with Crippen molar-refractivity contribution in [1.82, 2.24) is 0 Å².